The summed E-state index contributed by atoms with van der Waals surface area (Å²) in [5.41, 5.74) is -0.950. The molecule has 74 valence electrons. The molecule has 4 nitrogen and oxygen atoms in total. The van der Waals surface area contributed by atoms with Gasteiger partial charge in [0, 0.05) is 4.86 Å². The molecule has 0 bridgehead atoms. The fourth-order valence-corrected chi connectivity index (χ4v) is 2.37. The maximum Gasteiger partial charge on any atom is 0.156 e. The Kier molecular flexibility index (Phi) is 2.16. The summed E-state index contributed by atoms with van der Waals surface area (Å²) in [4.78, 5) is 0.541. The molecule has 5 heteroatoms. The second-order valence-corrected chi connectivity index (χ2v) is 4.11. The summed E-state index contributed by atoms with van der Waals surface area (Å²) in [5, 5.41) is 19.2. The number of ether oxygens (including phenoxy) is 2. The Labute approximate surface area is 81.5 Å². The first kappa shape index (κ1) is 9.48. The van der Waals surface area contributed by atoms with Crippen LogP contribution in [0.3, 0.4) is 0 Å². The number of thiocarbonyl (C=S) groups is 1. The van der Waals surface area contributed by atoms with Crippen LogP contribution in [0.15, 0.2) is 0 Å². The van der Waals surface area contributed by atoms with Gasteiger partial charge in [0.2, 0.25) is 0 Å². The molecule has 2 rings (SSSR count). The van der Waals surface area contributed by atoms with Crippen molar-refractivity contribution in [2.24, 2.45) is 0 Å². The molecule has 0 aromatic carbocycles. The average Bonchev–Trinajstić information content (AvgIpc) is 2.55. The lowest BCUT2D eigenvalue weighted by atomic mass is 9.89. The molecule has 2 saturated heterocycles. The molecule has 2 heterocycles. The fraction of sp³-hybridized carbons (Fsp3) is 0.875. The van der Waals surface area contributed by atoms with Crippen molar-refractivity contribution in [2.75, 3.05) is 13.2 Å². The van der Waals surface area contributed by atoms with E-state index < -0.39 is 23.9 Å². The minimum absolute atomic E-state index is 0.176. The second-order valence-electron chi connectivity index (χ2n) is 3.50. The van der Waals surface area contributed by atoms with E-state index in [1.54, 1.807) is 6.92 Å². The van der Waals surface area contributed by atoms with Crippen molar-refractivity contribution in [1.82, 2.24) is 0 Å². The van der Waals surface area contributed by atoms with Crippen molar-refractivity contribution >= 4 is 17.1 Å². The molecule has 0 spiro atoms. The van der Waals surface area contributed by atoms with Gasteiger partial charge in [0.05, 0.1) is 13.2 Å². The second kappa shape index (κ2) is 2.96. The number of fused-ring (bicyclic) bond motifs is 1. The molecule has 4 atom stereocenters. The summed E-state index contributed by atoms with van der Waals surface area (Å²) in [5.74, 6) is 0. The molecule has 0 amide bonds. The lowest BCUT2D eigenvalue weighted by molar-refractivity contribution is -0.0243. The molecule has 0 unspecified atom stereocenters. The van der Waals surface area contributed by atoms with Crippen molar-refractivity contribution in [3.05, 3.63) is 0 Å². The predicted octanol–water partition coefficient (Wildman–Crippen LogP) is -0.734. The van der Waals surface area contributed by atoms with Crippen molar-refractivity contribution in [3.8, 4) is 0 Å². The largest absolute Gasteiger partial charge is 0.388 e. The predicted molar refractivity (Wildman–Crippen MR) is 48.7 cm³/mol. The maximum atomic E-state index is 9.69. The zero-order valence-corrected chi connectivity index (χ0v) is 8.08. The van der Waals surface area contributed by atoms with Gasteiger partial charge in [-0.15, -0.1) is 0 Å². The molecule has 2 fully saturated rings. The van der Waals surface area contributed by atoms with E-state index in [-0.39, 0.29) is 13.2 Å². The molecule has 2 aliphatic rings. The summed E-state index contributed by atoms with van der Waals surface area (Å²) in [7, 11) is 0. The molecular weight excluding hydrogens is 192 g/mol. The molecule has 0 aliphatic carbocycles. The third kappa shape index (κ3) is 1.08. The van der Waals surface area contributed by atoms with Crippen molar-refractivity contribution in [3.63, 3.8) is 0 Å². The Morgan fingerprint density at radius 2 is 2.15 bits per heavy atom. The first-order valence-electron chi connectivity index (χ1n) is 4.21. The number of aliphatic hydroxyl groups excluding tert-OH is 2. The van der Waals surface area contributed by atoms with Gasteiger partial charge in [-0.2, -0.15) is 0 Å². The van der Waals surface area contributed by atoms with Gasteiger partial charge in [-0.3, -0.25) is 0 Å². The van der Waals surface area contributed by atoms with E-state index in [9.17, 15) is 10.2 Å². The van der Waals surface area contributed by atoms with Gasteiger partial charge in [0.25, 0.3) is 0 Å². The topological polar surface area (TPSA) is 58.9 Å². The fourth-order valence-electron chi connectivity index (χ4n) is 2.05. The molecule has 0 aromatic rings. The first-order valence-corrected chi connectivity index (χ1v) is 4.62. The molecular formula is C8H12O4S. The normalized spacial score (nSPS) is 49.3. The van der Waals surface area contributed by atoms with Gasteiger partial charge in [-0.1, -0.05) is 12.2 Å². The van der Waals surface area contributed by atoms with Gasteiger partial charge in [0.15, 0.2) is 5.60 Å². The van der Waals surface area contributed by atoms with Crippen LogP contribution in [0.1, 0.15) is 6.92 Å². The van der Waals surface area contributed by atoms with Crippen LogP contribution in [0, 0.1) is 0 Å². The number of hydrogen-bond acceptors (Lipinski definition) is 5. The molecule has 2 aliphatic heterocycles. The summed E-state index contributed by atoms with van der Waals surface area (Å²) in [6.45, 7) is 2.06. The van der Waals surface area contributed by atoms with E-state index >= 15 is 0 Å². The molecule has 13 heavy (non-hydrogen) atoms. The van der Waals surface area contributed by atoms with E-state index in [0.29, 0.717) is 4.86 Å². The Morgan fingerprint density at radius 1 is 1.46 bits per heavy atom. The van der Waals surface area contributed by atoms with E-state index in [2.05, 4.69) is 0 Å². The molecule has 0 radical (unpaired) electrons. The van der Waals surface area contributed by atoms with Crippen LogP contribution in [0.5, 0.6) is 0 Å². The smallest absolute Gasteiger partial charge is 0.156 e. The Balaban J connectivity index is 2.35. The highest BCUT2D eigenvalue weighted by molar-refractivity contribution is 7.80. The zero-order chi connectivity index (χ0) is 9.64. The standard InChI is InChI=1S/C8H12O4S/c1-4(13)8-6(10)3-11-7(8)5(9)2-12-8/h5-7,9-10H,2-3H2,1H3/t5-,6+,7-,8-/m1/s1. The summed E-state index contributed by atoms with van der Waals surface area (Å²) < 4.78 is 10.6. The highest BCUT2D eigenvalue weighted by atomic mass is 32.1. The van der Waals surface area contributed by atoms with Gasteiger partial charge >= 0.3 is 0 Å². The minimum atomic E-state index is -0.950. The summed E-state index contributed by atoms with van der Waals surface area (Å²) in [6.07, 6.45) is -1.94. The number of aliphatic hydroxyl groups is 2. The van der Waals surface area contributed by atoms with E-state index in [1.165, 1.54) is 0 Å². The lowest BCUT2D eigenvalue weighted by Crippen LogP contribution is -2.52. The molecule has 0 aromatic heterocycles. The van der Waals surface area contributed by atoms with Crippen LogP contribution in [0.4, 0.5) is 0 Å². The van der Waals surface area contributed by atoms with E-state index in [4.69, 9.17) is 21.7 Å². The van der Waals surface area contributed by atoms with Crippen molar-refractivity contribution in [2.45, 2.75) is 30.8 Å². The number of rotatable bonds is 1. The van der Waals surface area contributed by atoms with E-state index in [1.807, 2.05) is 0 Å². The minimum Gasteiger partial charge on any atom is -0.388 e. The lowest BCUT2D eigenvalue weighted by Gasteiger charge is -2.29. The Morgan fingerprint density at radius 3 is 2.69 bits per heavy atom. The van der Waals surface area contributed by atoms with Crippen LogP contribution in [-0.4, -0.2) is 52.2 Å². The van der Waals surface area contributed by atoms with Crippen LogP contribution in [0.25, 0.3) is 0 Å². The van der Waals surface area contributed by atoms with Crippen LogP contribution in [0.2, 0.25) is 0 Å². The average molecular weight is 204 g/mol. The quantitative estimate of drug-likeness (QED) is 0.551. The van der Waals surface area contributed by atoms with Gasteiger partial charge in [-0.05, 0) is 6.92 Å². The Bertz CT molecular complexity index is 244. The van der Waals surface area contributed by atoms with Crippen LogP contribution in [-0.2, 0) is 9.47 Å². The highest BCUT2D eigenvalue weighted by Crippen LogP contribution is 2.38. The van der Waals surface area contributed by atoms with Crippen LogP contribution >= 0.6 is 12.2 Å². The van der Waals surface area contributed by atoms with Gasteiger partial charge in [0.1, 0.15) is 18.3 Å². The molecule has 2 N–H and O–H groups in total. The van der Waals surface area contributed by atoms with E-state index in [0.717, 1.165) is 0 Å². The van der Waals surface area contributed by atoms with Crippen molar-refractivity contribution < 1.29 is 19.7 Å². The van der Waals surface area contributed by atoms with Gasteiger partial charge < -0.3 is 19.7 Å². The first-order chi connectivity index (χ1) is 6.09. The third-order valence-corrected chi connectivity index (χ3v) is 3.06. The SMILES string of the molecule is CC(=S)[C@]12OC[C@@H](O)[C@H]1OC[C@@H]2O. The zero-order valence-electron chi connectivity index (χ0n) is 7.27. The third-order valence-electron chi connectivity index (χ3n) is 2.74. The maximum absolute atomic E-state index is 9.69. The van der Waals surface area contributed by atoms with Crippen LogP contribution < -0.4 is 0 Å². The van der Waals surface area contributed by atoms with Gasteiger partial charge in [-0.25, -0.2) is 0 Å². The monoisotopic (exact) mass is 204 g/mol. The van der Waals surface area contributed by atoms with Crippen molar-refractivity contribution in [1.29, 1.82) is 0 Å². The summed E-state index contributed by atoms with van der Waals surface area (Å²) >= 11 is 5.04. The Hall–Kier alpha value is -0.0700. The molecule has 0 saturated carbocycles. The summed E-state index contributed by atoms with van der Waals surface area (Å²) in [6, 6.07) is 0. The highest BCUT2D eigenvalue weighted by Gasteiger charge is 2.60. The number of hydrogen-bond donors (Lipinski definition) is 2.